The number of H-pyrrole nitrogens is 1. The number of carboxylic acids is 1. The first kappa shape index (κ1) is 13.5. The van der Waals surface area contributed by atoms with E-state index in [0.717, 1.165) is 17.2 Å². The highest BCUT2D eigenvalue weighted by molar-refractivity contribution is 6.30. The third-order valence-electron chi connectivity index (χ3n) is 2.38. The van der Waals surface area contributed by atoms with Gasteiger partial charge in [-0.15, -0.1) is 0 Å². The number of aromatic amines is 1. The lowest BCUT2D eigenvalue weighted by Gasteiger charge is -2.14. The maximum Gasteiger partial charge on any atom is 0.329 e. The molecule has 1 unspecified atom stereocenters. The summed E-state index contributed by atoms with van der Waals surface area (Å²) in [4.78, 5) is 35.6. The molecule has 0 fully saturated rings. The van der Waals surface area contributed by atoms with Crippen molar-refractivity contribution in [1.29, 1.82) is 0 Å². The lowest BCUT2D eigenvalue weighted by Crippen LogP contribution is -2.35. The molecule has 6 nitrogen and oxygen atoms in total. The van der Waals surface area contributed by atoms with E-state index in [4.69, 9.17) is 16.7 Å². The zero-order valence-electron chi connectivity index (χ0n) is 9.27. The Morgan fingerprint density at radius 3 is 2.76 bits per heavy atom. The summed E-state index contributed by atoms with van der Waals surface area (Å²) in [7, 11) is 0. The van der Waals surface area contributed by atoms with Gasteiger partial charge in [-0.05, 0) is 6.42 Å². The molecule has 0 aliphatic rings. The normalized spacial score (nSPS) is 12.4. The van der Waals surface area contributed by atoms with Gasteiger partial charge in [0.2, 0.25) is 0 Å². The lowest BCUT2D eigenvalue weighted by atomic mass is 10.1. The predicted octanol–water partition coefficient (Wildman–Crippen LogP) is 1.01. The van der Waals surface area contributed by atoms with Gasteiger partial charge in [0.15, 0.2) is 0 Å². The fraction of sp³-hybridized carbons (Fsp3) is 0.500. The Kier molecular flexibility index (Phi) is 4.51. The quantitative estimate of drug-likeness (QED) is 0.826. The number of hydrogen-bond donors (Lipinski definition) is 2. The number of aromatic nitrogens is 2. The number of carboxylic acid groups (broad SMARTS) is 1. The van der Waals surface area contributed by atoms with Gasteiger partial charge in [-0.1, -0.05) is 31.4 Å². The molecule has 0 aliphatic heterocycles. The van der Waals surface area contributed by atoms with E-state index in [9.17, 15) is 14.4 Å². The van der Waals surface area contributed by atoms with Crippen LogP contribution >= 0.6 is 11.6 Å². The van der Waals surface area contributed by atoms with Crippen molar-refractivity contribution in [2.45, 2.75) is 32.2 Å². The summed E-state index contributed by atoms with van der Waals surface area (Å²) in [6.07, 6.45) is 2.86. The van der Waals surface area contributed by atoms with Gasteiger partial charge in [-0.2, -0.15) is 0 Å². The Balaban J connectivity index is 3.19. The second-order valence-electron chi connectivity index (χ2n) is 3.64. The van der Waals surface area contributed by atoms with Crippen LogP contribution in [-0.2, 0) is 4.79 Å². The summed E-state index contributed by atoms with van der Waals surface area (Å²) in [5.41, 5.74) is -1.48. The van der Waals surface area contributed by atoms with Crippen LogP contribution < -0.4 is 11.2 Å². The molecule has 1 heterocycles. The van der Waals surface area contributed by atoms with Crippen molar-refractivity contribution in [3.8, 4) is 0 Å². The van der Waals surface area contributed by atoms with Gasteiger partial charge in [0.25, 0.3) is 5.56 Å². The van der Waals surface area contributed by atoms with Gasteiger partial charge < -0.3 is 5.11 Å². The zero-order valence-corrected chi connectivity index (χ0v) is 10.0. The van der Waals surface area contributed by atoms with Crippen LogP contribution in [0.15, 0.2) is 15.8 Å². The molecule has 0 radical (unpaired) electrons. The van der Waals surface area contributed by atoms with E-state index in [0.29, 0.717) is 12.8 Å². The number of aliphatic carboxylic acids is 1. The molecule has 2 N–H and O–H groups in total. The van der Waals surface area contributed by atoms with E-state index in [1.807, 2.05) is 11.9 Å². The number of rotatable bonds is 5. The molecule has 0 spiro atoms. The Morgan fingerprint density at radius 1 is 1.59 bits per heavy atom. The molecule has 0 saturated heterocycles. The standard InChI is InChI=1S/C10H13ClN2O4/c1-2-3-4-7(9(15)16)13-5-6(11)8(14)12-10(13)17/h5,7H,2-4H2,1H3,(H,15,16)(H,12,14,17). The largest absolute Gasteiger partial charge is 0.480 e. The van der Waals surface area contributed by atoms with Crippen molar-refractivity contribution in [3.05, 3.63) is 32.1 Å². The summed E-state index contributed by atoms with van der Waals surface area (Å²) in [6.45, 7) is 1.92. The molecule has 1 aromatic rings. The van der Waals surface area contributed by atoms with Crippen molar-refractivity contribution in [1.82, 2.24) is 9.55 Å². The highest BCUT2D eigenvalue weighted by Crippen LogP contribution is 2.14. The number of halogens is 1. The number of hydrogen-bond acceptors (Lipinski definition) is 3. The van der Waals surface area contributed by atoms with Gasteiger partial charge in [-0.25, -0.2) is 9.59 Å². The van der Waals surface area contributed by atoms with Crippen LogP contribution in [0.2, 0.25) is 5.02 Å². The van der Waals surface area contributed by atoms with Gasteiger partial charge in [-0.3, -0.25) is 14.3 Å². The molecule has 0 bridgehead atoms. The van der Waals surface area contributed by atoms with Crippen molar-refractivity contribution >= 4 is 17.6 Å². The molecular weight excluding hydrogens is 248 g/mol. The first-order valence-electron chi connectivity index (χ1n) is 5.21. The molecule has 0 saturated carbocycles. The summed E-state index contributed by atoms with van der Waals surface area (Å²) < 4.78 is 0.946. The smallest absolute Gasteiger partial charge is 0.329 e. The van der Waals surface area contributed by atoms with Crippen LogP contribution in [0.4, 0.5) is 0 Å². The Hall–Kier alpha value is -1.56. The van der Waals surface area contributed by atoms with E-state index >= 15 is 0 Å². The maximum absolute atomic E-state index is 11.5. The molecule has 1 aromatic heterocycles. The van der Waals surface area contributed by atoms with Crippen molar-refractivity contribution < 1.29 is 9.90 Å². The molecule has 7 heteroatoms. The third-order valence-corrected chi connectivity index (χ3v) is 2.65. The molecule has 17 heavy (non-hydrogen) atoms. The molecule has 0 amide bonds. The molecule has 0 aliphatic carbocycles. The Labute approximate surface area is 102 Å². The monoisotopic (exact) mass is 260 g/mol. The zero-order chi connectivity index (χ0) is 13.0. The van der Waals surface area contributed by atoms with Crippen molar-refractivity contribution in [3.63, 3.8) is 0 Å². The fourth-order valence-electron chi connectivity index (χ4n) is 1.47. The summed E-state index contributed by atoms with van der Waals surface area (Å²) in [5.74, 6) is -1.12. The minimum Gasteiger partial charge on any atom is -0.480 e. The molecule has 1 rings (SSSR count). The van der Waals surface area contributed by atoms with E-state index in [-0.39, 0.29) is 5.02 Å². The van der Waals surface area contributed by atoms with Gasteiger partial charge in [0.05, 0.1) is 0 Å². The van der Waals surface area contributed by atoms with Crippen LogP contribution in [0.1, 0.15) is 32.2 Å². The van der Waals surface area contributed by atoms with Crippen LogP contribution in [0.5, 0.6) is 0 Å². The highest BCUT2D eigenvalue weighted by atomic mass is 35.5. The van der Waals surface area contributed by atoms with E-state index in [2.05, 4.69) is 0 Å². The maximum atomic E-state index is 11.5. The highest BCUT2D eigenvalue weighted by Gasteiger charge is 2.20. The first-order valence-corrected chi connectivity index (χ1v) is 5.59. The molecule has 0 aromatic carbocycles. The summed E-state index contributed by atoms with van der Waals surface area (Å²) in [5, 5.41) is 8.84. The van der Waals surface area contributed by atoms with Crippen LogP contribution in [0.25, 0.3) is 0 Å². The summed E-state index contributed by atoms with van der Waals surface area (Å²) >= 11 is 5.57. The summed E-state index contributed by atoms with van der Waals surface area (Å²) in [6, 6.07) is -1.00. The van der Waals surface area contributed by atoms with Gasteiger partial charge in [0.1, 0.15) is 11.1 Å². The topological polar surface area (TPSA) is 92.2 Å². The van der Waals surface area contributed by atoms with Crippen LogP contribution in [-0.4, -0.2) is 20.6 Å². The number of nitrogens with zero attached hydrogens (tertiary/aromatic N) is 1. The van der Waals surface area contributed by atoms with Gasteiger partial charge in [0, 0.05) is 6.20 Å². The first-order chi connectivity index (χ1) is 7.97. The van der Waals surface area contributed by atoms with Crippen LogP contribution in [0, 0.1) is 0 Å². The van der Waals surface area contributed by atoms with Crippen LogP contribution in [0.3, 0.4) is 0 Å². The van der Waals surface area contributed by atoms with Crippen molar-refractivity contribution in [2.75, 3.05) is 0 Å². The Morgan fingerprint density at radius 2 is 2.24 bits per heavy atom. The average molecular weight is 261 g/mol. The minimum atomic E-state index is -1.12. The van der Waals surface area contributed by atoms with E-state index in [1.54, 1.807) is 0 Å². The third kappa shape index (κ3) is 3.20. The Bertz CT molecular complexity index is 520. The molecule has 1 atom stereocenters. The van der Waals surface area contributed by atoms with E-state index in [1.165, 1.54) is 0 Å². The second-order valence-corrected chi connectivity index (χ2v) is 4.05. The second kappa shape index (κ2) is 5.67. The SMILES string of the molecule is CCCCC(C(=O)O)n1cc(Cl)c(=O)[nH]c1=O. The number of nitrogens with one attached hydrogen (secondary N) is 1. The fourth-order valence-corrected chi connectivity index (χ4v) is 1.62. The average Bonchev–Trinajstić information content (AvgIpc) is 2.25. The molecule has 94 valence electrons. The van der Waals surface area contributed by atoms with E-state index < -0.39 is 23.3 Å². The number of carbonyl (C=O) groups is 1. The van der Waals surface area contributed by atoms with Crippen molar-refractivity contribution in [2.24, 2.45) is 0 Å². The van der Waals surface area contributed by atoms with Gasteiger partial charge >= 0.3 is 11.7 Å². The predicted molar refractivity (Wildman–Crippen MR) is 62.5 cm³/mol. The number of unbranched alkanes of at least 4 members (excludes halogenated alkanes) is 1. The lowest BCUT2D eigenvalue weighted by molar-refractivity contribution is -0.141. The minimum absolute atomic E-state index is 0.202. The molecular formula is C10H13ClN2O4.